The van der Waals surface area contributed by atoms with Crippen LogP contribution in [0, 0.1) is 0 Å². The lowest BCUT2D eigenvalue weighted by Gasteiger charge is -1.80. The van der Waals surface area contributed by atoms with Crippen LogP contribution in [0.3, 0.4) is 0 Å². The van der Waals surface area contributed by atoms with Crippen LogP contribution in [0.2, 0.25) is 0 Å². The summed E-state index contributed by atoms with van der Waals surface area (Å²) in [6.45, 7) is 4.22. The number of carboxylic acids is 1. The van der Waals surface area contributed by atoms with Crippen molar-refractivity contribution in [2.45, 2.75) is 33.1 Å². The lowest BCUT2D eigenvalue weighted by atomic mass is 10.3. The van der Waals surface area contributed by atoms with Crippen molar-refractivity contribution in [3.05, 3.63) is 0 Å². The van der Waals surface area contributed by atoms with Crippen LogP contribution in [-0.4, -0.2) is 23.4 Å². The molecule has 0 fully saturated rings. The predicted octanol–water partition coefficient (Wildman–Crippen LogP) is 0.795. The monoisotopic (exact) mass is 175 g/mol. The number of ketones is 1. The highest BCUT2D eigenvalue weighted by Crippen LogP contribution is 1.77. The first-order valence-electron chi connectivity index (χ1n) is 3.95. The number of nitrogens with two attached hydrogens (primary N) is 1. The molecule has 0 aromatic rings. The van der Waals surface area contributed by atoms with Gasteiger partial charge in [-0.05, 0) is 19.9 Å². The van der Waals surface area contributed by atoms with E-state index in [4.69, 9.17) is 10.8 Å². The smallest absolute Gasteiger partial charge is 0.310 e. The van der Waals surface area contributed by atoms with E-state index >= 15 is 0 Å². The van der Waals surface area contributed by atoms with Crippen LogP contribution >= 0.6 is 0 Å². The zero-order valence-electron chi connectivity index (χ0n) is 7.67. The van der Waals surface area contributed by atoms with E-state index in [0.29, 0.717) is 0 Å². The molecule has 72 valence electrons. The Bertz CT molecular complexity index is 120. The van der Waals surface area contributed by atoms with Gasteiger partial charge >= 0.3 is 5.97 Å². The van der Waals surface area contributed by atoms with Crippen LogP contribution in [0.15, 0.2) is 0 Å². The largest absolute Gasteiger partial charge is 0.481 e. The van der Waals surface area contributed by atoms with Gasteiger partial charge in [-0.3, -0.25) is 9.59 Å². The first-order valence-corrected chi connectivity index (χ1v) is 3.95. The van der Waals surface area contributed by atoms with E-state index in [1.54, 1.807) is 0 Å². The summed E-state index contributed by atoms with van der Waals surface area (Å²) < 4.78 is 0. The number of aliphatic carboxylic acids is 1. The maximum Gasteiger partial charge on any atom is 0.310 e. The van der Waals surface area contributed by atoms with E-state index in [0.717, 1.165) is 6.54 Å². The van der Waals surface area contributed by atoms with E-state index < -0.39 is 5.97 Å². The van der Waals surface area contributed by atoms with Gasteiger partial charge in [0, 0.05) is 0 Å². The molecule has 4 heteroatoms. The van der Waals surface area contributed by atoms with Crippen LogP contribution in [0.4, 0.5) is 0 Å². The van der Waals surface area contributed by atoms with E-state index in [-0.39, 0.29) is 12.2 Å². The lowest BCUT2D eigenvalue weighted by molar-refractivity contribution is -0.139. The molecule has 12 heavy (non-hydrogen) atoms. The van der Waals surface area contributed by atoms with Crippen molar-refractivity contribution in [3.63, 3.8) is 0 Å². The molecule has 0 aromatic carbocycles. The fourth-order valence-electron chi connectivity index (χ4n) is 0.417. The van der Waals surface area contributed by atoms with E-state index in [1.165, 1.54) is 19.8 Å². The number of carbonyl (C=O) groups is 2. The van der Waals surface area contributed by atoms with E-state index in [1.807, 2.05) is 0 Å². The summed E-state index contributed by atoms with van der Waals surface area (Å²) in [7, 11) is 0. The number of Topliss-reactive ketones (excluding diaryl/α,β-unsaturated/α-hetero) is 1. The molecule has 0 heterocycles. The number of rotatable bonds is 4. The molecule has 0 saturated heterocycles. The fraction of sp³-hybridized carbons (Fsp3) is 0.750. The maximum atomic E-state index is 9.87. The molecule has 0 spiro atoms. The van der Waals surface area contributed by atoms with Gasteiger partial charge in [-0.25, -0.2) is 0 Å². The van der Waals surface area contributed by atoms with Gasteiger partial charge < -0.3 is 10.8 Å². The highest BCUT2D eigenvalue weighted by atomic mass is 16.4. The third-order valence-electron chi connectivity index (χ3n) is 0.958. The van der Waals surface area contributed by atoms with Crippen LogP contribution in [0.5, 0.6) is 0 Å². The van der Waals surface area contributed by atoms with Crippen molar-refractivity contribution >= 4 is 11.8 Å². The molecular weight excluding hydrogens is 158 g/mol. The molecule has 0 aliphatic carbocycles. The van der Waals surface area contributed by atoms with E-state index in [9.17, 15) is 9.59 Å². The second-order valence-electron chi connectivity index (χ2n) is 2.41. The fourth-order valence-corrected chi connectivity index (χ4v) is 0.417. The van der Waals surface area contributed by atoms with Gasteiger partial charge in [-0.15, -0.1) is 0 Å². The first kappa shape index (κ1) is 13.7. The van der Waals surface area contributed by atoms with Crippen LogP contribution in [-0.2, 0) is 9.59 Å². The minimum Gasteiger partial charge on any atom is -0.481 e. The molecule has 0 amide bonds. The molecule has 0 aromatic heterocycles. The number of hydrogen-bond acceptors (Lipinski definition) is 3. The first-order chi connectivity index (χ1) is 5.54. The molecule has 0 aliphatic rings. The van der Waals surface area contributed by atoms with Gasteiger partial charge in [0.1, 0.15) is 12.2 Å². The van der Waals surface area contributed by atoms with Crippen molar-refractivity contribution < 1.29 is 14.7 Å². The maximum absolute atomic E-state index is 9.87. The van der Waals surface area contributed by atoms with Crippen molar-refractivity contribution in [1.82, 2.24) is 0 Å². The summed E-state index contributed by atoms with van der Waals surface area (Å²) in [5, 5.41) is 7.86. The van der Waals surface area contributed by atoms with Crippen LogP contribution in [0.1, 0.15) is 33.1 Å². The molecule has 0 atom stereocenters. The Hall–Kier alpha value is -0.900. The second-order valence-corrected chi connectivity index (χ2v) is 2.41. The van der Waals surface area contributed by atoms with Crippen molar-refractivity contribution in [1.29, 1.82) is 0 Å². The summed E-state index contributed by atoms with van der Waals surface area (Å²) in [6, 6.07) is 0. The summed E-state index contributed by atoms with van der Waals surface area (Å²) >= 11 is 0. The normalized spacial score (nSPS) is 8.25. The van der Waals surface area contributed by atoms with Gasteiger partial charge in [0.2, 0.25) is 0 Å². The molecular formula is C8H17NO3. The summed E-state index contributed by atoms with van der Waals surface area (Å²) in [5.74, 6) is -1.37. The average molecular weight is 175 g/mol. The molecule has 0 unspecified atom stereocenters. The predicted molar refractivity (Wildman–Crippen MR) is 46.9 cm³/mol. The Kier molecular flexibility index (Phi) is 11.5. The van der Waals surface area contributed by atoms with Crippen molar-refractivity contribution in [2.24, 2.45) is 5.73 Å². The van der Waals surface area contributed by atoms with Gasteiger partial charge in [0.15, 0.2) is 0 Å². The highest BCUT2D eigenvalue weighted by Gasteiger charge is 1.98. The molecule has 0 aliphatic heterocycles. The third-order valence-corrected chi connectivity index (χ3v) is 0.958. The van der Waals surface area contributed by atoms with Crippen LogP contribution in [0.25, 0.3) is 0 Å². The second kappa shape index (κ2) is 10.1. The van der Waals surface area contributed by atoms with Crippen LogP contribution < -0.4 is 5.73 Å². The van der Waals surface area contributed by atoms with Crippen molar-refractivity contribution in [3.8, 4) is 0 Å². The Morgan fingerprint density at radius 2 is 1.92 bits per heavy atom. The Labute approximate surface area is 72.8 Å². The van der Waals surface area contributed by atoms with Gasteiger partial charge in [-0.2, -0.15) is 0 Å². The van der Waals surface area contributed by atoms with Gasteiger partial charge in [0.05, 0.1) is 0 Å². The highest BCUT2D eigenvalue weighted by molar-refractivity contribution is 5.93. The summed E-state index contributed by atoms with van der Waals surface area (Å²) in [5.41, 5.74) is 5.14. The zero-order chi connectivity index (χ0) is 9.98. The molecule has 0 rings (SSSR count). The summed E-state index contributed by atoms with van der Waals surface area (Å²) in [6.07, 6.45) is 2.02. The van der Waals surface area contributed by atoms with Crippen molar-refractivity contribution in [2.75, 3.05) is 6.54 Å². The molecule has 0 saturated carbocycles. The standard InChI is InChI=1S/C4H11N.C4H6O3/c1-2-3-4-5;1-3(5)2-4(6)7/h2-5H2,1H3;2H2,1H3,(H,6,7). The molecule has 3 N–H and O–H groups in total. The average Bonchev–Trinajstić information content (AvgIpc) is 1.87. The number of carbonyl (C=O) groups excluding carboxylic acids is 1. The summed E-state index contributed by atoms with van der Waals surface area (Å²) in [4.78, 5) is 19.5. The Morgan fingerprint density at radius 3 is 1.92 bits per heavy atom. The topological polar surface area (TPSA) is 80.4 Å². The SMILES string of the molecule is CC(=O)CC(=O)O.CCCCN. The van der Waals surface area contributed by atoms with Gasteiger partial charge in [0.25, 0.3) is 0 Å². The van der Waals surface area contributed by atoms with E-state index in [2.05, 4.69) is 6.92 Å². The molecule has 4 nitrogen and oxygen atoms in total. The number of carboxylic acid groups (broad SMARTS) is 1. The van der Waals surface area contributed by atoms with Gasteiger partial charge in [-0.1, -0.05) is 13.3 Å². The number of hydrogen-bond donors (Lipinski definition) is 2. The zero-order valence-corrected chi connectivity index (χ0v) is 7.67. The minimum atomic E-state index is -1.06. The lowest BCUT2D eigenvalue weighted by Crippen LogP contribution is -2.00. The minimum absolute atomic E-state index is 0.312. The Morgan fingerprint density at radius 1 is 1.42 bits per heavy atom. The molecule has 0 radical (unpaired) electrons. The molecule has 0 bridgehead atoms. The Balaban J connectivity index is 0. The quantitative estimate of drug-likeness (QED) is 0.619. The third kappa shape index (κ3) is 23.0. The number of unbranched alkanes of at least 4 members (excludes halogenated alkanes) is 1.